The van der Waals surface area contributed by atoms with Crippen molar-refractivity contribution in [2.75, 3.05) is 25.6 Å². The van der Waals surface area contributed by atoms with Crippen LogP contribution >= 0.6 is 7.82 Å². The lowest BCUT2D eigenvalue weighted by Gasteiger charge is -2.32. The molecule has 5 N–H and O–H groups in total. The van der Waals surface area contributed by atoms with Gasteiger partial charge >= 0.3 is 7.82 Å². The Morgan fingerprint density at radius 3 is 2.20 bits per heavy atom. The summed E-state index contributed by atoms with van der Waals surface area (Å²) in [4.78, 5) is 14.7. The SMILES string of the molecule is CCCCCCCCCCCCCCCCCCOC[C@H](COP(=O)(O)OC1[C@H]2O[C@@](C)(c3ccc4c(N)ncnn34)[C@H](O)[C@@]12O)OCc1ccccc1C#N. The van der Waals surface area contributed by atoms with Crippen LogP contribution in [-0.2, 0) is 40.0 Å². The maximum absolute atomic E-state index is 13.2. The van der Waals surface area contributed by atoms with Crippen LogP contribution in [0.4, 0.5) is 5.82 Å². The van der Waals surface area contributed by atoms with Crippen LogP contribution in [0.3, 0.4) is 0 Å². The minimum atomic E-state index is -4.78. The van der Waals surface area contributed by atoms with Crippen LogP contribution in [0.2, 0.25) is 0 Å². The summed E-state index contributed by atoms with van der Waals surface area (Å²) in [6, 6.07) is 12.5. The molecule has 1 saturated heterocycles. The van der Waals surface area contributed by atoms with Crippen molar-refractivity contribution in [3.63, 3.8) is 0 Å². The number of benzene rings is 1. The lowest BCUT2D eigenvalue weighted by Crippen LogP contribution is -2.46. The molecule has 0 bridgehead atoms. The minimum absolute atomic E-state index is 0.0603. The molecule has 2 aliphatic rings. The Balaban J connectivity index is 1.02. The highest BCUT2D eigenvalue weighted by Gasteiger charge is 2.82. The van der Waals surface area contributed by atoms with E-state index < -0.39 is 43.4 Å². The number of nitriles is 1. The van der Waals surface area contributed by atoms with E-state index in [-0.39, 0.29) is 25.6 Å². The molecule has 7 atom stereocenters. The van der Waals surface area contributed by atoms with Gasteiger partial charge in [0.1, 0.15) is 41.9 Å². The van der Waals surface area contributed by atoms with Gasteiger partial charge in [-0.3, -0.25) is 9.05 Å². The van der Waals surface area contributed by atoms with Crippen molar-refractivity contribution in [3.8, 4) is 6.07 Å². The van der Waals surface area contributed by atoms with Crippen LogP contribution in [0.5, 0.6) is 0 Å². The van der Waals surface area contributed by atoms with E-state index in [2.05, 4.69) is 23.1 Å². The van der Waals surface area contributed by atoms with Crippen LogP contribution in [-0.4, -0.2) is 79.5 Å². The van der Waals surface area contributed by atoms with Gasteiger partial charge in [-0.15, -0.1) is 0 Å². The van der Waals surface area contributed by atoms with Crippen LogP contribution in [0, 0.1) is 11.3 Å². The topological polar surface area (TPSA) is 204 Å². The molecule has 56 heavy (non-hydrogen) atoms. The number of aliphatic hydroxyl groups excluding tert-OH is 1. The number of aromatic nitrogens is 3. The molecule has 0 spiro atoms. The second-order valence-electron chi connectivity index (χ2n) is 15.5. The number of fused-ring (bicyclic) bond motifs is 2. The van der Waals surface area contributed by atoms with Gasteiger partial charge in [0.05, 0.1) is 37.1 Å². The smallest absolute Gasteiger partial charge is 0.386 e. The van der Waals surface area contributed by atoms with Gasteiger partial charge in [-0.2, -0.15) is 10.4 Å². The van der Waals surface area contributed by atoms with E-state index in [0.29, 0.717) is 28.9 Å². The van der Waals surface area contributed by atoms with Gasteiger partial charge in [0, 0.05) is 6.61 Å². The van der Waals surface area contributed by atoms with E-state index in [1.165, 1.54) is 94.3 Å². The number of nitrogens with zero attached hydrogens (tertiary/aromatic N) is 4. The molecule has 2 fully saturated rings. The lowest BCUT2D eigenvalue weighted by molar-refractivity contribution is -0.127. The normalized spacial score (nSPS) is 24.5. The molecule has 5 rings (SSSR count). The molecule has 1 aromatic carbocycles. The fourth-order valence-corrected chi connectivity index (χ4v) is 8.64. The average Bonchev–Trinajstić information content (AvgIpc) is 3.43. The Labute approximate surface area is 331 Å². The minimum Gasteiger partial charge on any atom is -0.386 e. The van der Waals surface area contributed by atoms with Gasteiger partial charge < -0.3 is 35.1 Å². The number of anilines is 1. The van der Waals surface area contributed by atoms with Crippen molar-refractivity contribution in [3.05, 3.63) is 59.5 Å². The third kappa shape index (κ3) is 11.4. The highest BCUT2D eigenvalue weighted by molar-refractivity contribution is 7.47. The van der Waals surface area contributed by atoms with Gasteiger partial charge in [0.2, 0.25) is 0 Å². The second kappa shape index (κ2) is 21.2. The first-order valence-corrected chi connectivity index (χ1v) is 22.0. The molecule has 1 aliphatic heterocycles. The van der Waals surface area contributed by atoms with Gasteiger partial charge in [0.15, 0.2) is 11.4 Å². The van der Waals surface area contributed by atoms with E-state index in [1.54, 1.807) is 43.3 Å². The average molecular weight is 800 g/mol. The number of nitrogens with two attached hydrogens (primary N) is 1. The lowest BCUT2D eigenvalue weighted by atomic mass is 9.91. The molecule has 1 aliphatic carbocycles. The molecule has 310 valence electrons. The Kier molecular flexibility index (Phi) is 16.7. The van der Waals surface area contributed by atoms with Crippen molar-refractivity contribution in [1.29, 1.82) is 5.26 Å². The Morgan fingerprint density at radius 2 is 1.59 bits per heavy atom. The third-order valence-corrected chi connectivity index (χ3v) is 12.1. The number of unbranched alkanes of at least 4 members (excludes halogenated alkanes) is 15. The van der Waals surface area contributed by atoms with Gasteiger partial charge in [-0.25, -0.2) is 14.1 Å². The monoisotopic (exact) mass is 799 g/mol. The fourth-order valence-electron chi connectivity index (χ4n) is 7.66. The number of rotatable bonds is 28. The van der Waals surface area contributed by atoms with E-state index in [9.17, 15) is 24.9 Å². The number of hydrogen-bond acceptors (Lipinski definition) is 12. The molecule has 14 nitrogen and oxygen atoms in total. The zero-order valence-corrected chi connectivity index (χ0v) is 34.0. The molecular formula is C41H62N5O9P. The van der Waals surface area contributed by atoms with Gasteiger partial charge in [0.25, 0.3) is 0 Å². The van der Waals surface area contributed by atoms with Crippen molar-refractivity contribution < 1.29 is 42.9 Å². The molecule has 2 unspecified atom stereocenters. The van der Waals surface area contributed by atoms with Crippen LogP contribution < -0.4 is 5.73 Å². The number of nitrogen functional groups attached to an aromatic ring is 1. The molecule has 2 aromatic heterocycles. The van der Waals surface area contributed by atoms with Crippen molar-refractivity contribution in [1.82, 2.24) is 14.6 Å². The molecule has 3 heterocycles. The van der Waals surface area contributed by atoms with E-state index >= 15 is 0 Å². The summed E-state index contributed by atoms with van der Waals surface area (Å²) in [5.41, 5.74) is 4.57. The third-order valence-electron chi connectivity index (χ3n) is 11.1. The number of aliphatic hydroxyl groups is 2. The maximum Gasteiger partial charge on any atom is 0.472 e. The largest absolute Gasteiger partial charge is 0.472 e. The second-order valence-corrected chi connectivity index (χ2v) is 16.9. The van der Waals surface area contributed by atoms with E-state index in [1.807, 2.05) is 0 Å². The predicted octanol–water partition coefficient (Wildman–Crippen LogP) is 7.27. The Morgan fingerprint density at radius 1 is 0.964 bits per heavy atom. The van der Waals surface area contributed by atoms with Crippen LogP contribution in [0.25, 0.3) is 5.52 Å². The van der Waals surface area contributed by atoms with Gasteiger partial charge in [-0.05, 0) is 37.1 Å². The summed E-state index contributed by atoms with van der Waals surface area (Å²) < 4.78 is 43.3. The number of phosphoric ester groups is 1. The maximum atomic E-state index is 13.2. The number of hydrogen-bond donors (Lipinski definition) is 4. The molecule has 0 radical (unpaired) electrons. The Hall–Kier alpha value is -2.96. The summed E-state index contributed by atoms with van der Waals surface area (Å²) in [6.07, 6.45) is 17.0. The van der Waals surface area contributed by atoms with Crippen molar-refractivity contribution in [2.45, 2.75) is 159 Å². The summed E-state index contributed by atoms with van der Waals surface area (Å²) in [7, 11) is -4.78. The quantitative estimate of drug-likeness (QED) is 0.0422. The molecular weight excluding hydrogens is 737 g/mol. The molecule has 0 amide bonds. The molecule has 15 heteroatoms. The van der Waals surface area contributed by atoms with Crippen LogP contribution in [0.15, 0.2) is 42.7 Å². The first-order valence-electron chi connectivity index (χ1n) is 20.5. The standard InChI is InChI=1S/C41H62N5O9P/c1-3-4-5-6-7-8-9-10-11-12-13-14-15-16-17-20-25-51-28-33(52-27-32-22-19-18-21-31(32)26-42)29-53-56(49,50)55-37-36-41(37,48)39(47)40(2,54-36)35-24-23-34-38(43)44-30-45-46(34)35/h18-19,21-24,30,33,36-37,39,47-48H,3-17,20,25,27-29H2,1-2H3,(H,49,50)(H2,43,44,45)/t33-,36-,37?,39+,40+,41+/m1/s1. The number of ether oxygens (including phenoxy) is 3. The molecule has 1 saturated carbocycles. The zero-order valence-electron chi connectivity index (χ0n) is 33.1. The van der Waals surface area contributed by atoms with E-state index in [4.69, 9.17) is 29.0 Å². The van der Waals surface area contributed by atoms with Crippen LogP contribution in [0.1, 0.15) is 133 Å². The van der Waals surface area contributed by atoms with Crippen molar-refractivity contribution in [2.24, 2.45) is 0 Å². The van der Waals surface area contributed by atoms with Gasteiger partial charge in [-0.1, -0.05) is 121 Å². The summed E-state index contributed by atoms with van der Waals surface area (Å²) in [5, 5.41) is 36.3. The predicted molar refractivity (Wildman–Crippen MR) is 211 cm³/mol. The highest BCUT2D eigenvalue weighted by atomic mass is 31.2. The number of phosphoric acid groups is 1. The molecule has 3 aromatic rings. The zero-order chi connectivity index (χ0) is 40.0. The van der Waals surface area contributed by atoms with Crippen molar-refractivity contribution >= 4 is 19.2 Å². The first-order chi connectivity index (χ1) is 27.0. The summed E-state index contributed by atoms with van der Waals surface area (Å²) >= 11 is 0. The summed E-state index contributed by atoms with van der Waals surface area (Å²) in [5.74, 6) is 0.230. The fraction of sp³-hybridized carbons (Fsp3) is 0.683. The summed E-state index contributed by atoms with van der Waals surface area (Å²) in [6.45, 7) is 4.13. The first kappa shape index (κ1) is 44.1. The van der Waals surface area contributed by atoms with E-state index in [0.717, 1.165) is 19.3 Å². The highest BCUT2D eigenvalue weighted by Crippen LogP contribution is 2.63. The Bertz CT molecular complexity index is 1760.